The summed E-state index contributed by atoms with van der Waals surface area (Å²) >= 11 is 0. The maximum absolute atomic E-state index is 11.6. The van der Waals surface area contributed by atoms with Gasteiger partial charge in [-0.3, -0.25) is 4.79 Å². The van der Waals surface area contributed by atoms with E-state index in [1.54, 1.807) is 0 Å². The van der Waals surface area contributed by atoms with E-state index in [0.29, 0.717) is 24.8 Å². The molecule has 2 atom stereocenters. The maximum Gasteiger partial charge on any atom is 0.314 e. The minimum Gasteiger partial charge on any atom is -0.481 e. The zero-order valence-electron chi connectivity index (χ0n) is 12.5. The van der Waals surface area contributed by atoms with Crippen LogP contribution in [-0.4, -0.2) is 29.7 Å². The van der Waals surface area contributed by atoms with Crippen LogP contribution >= 0.6 is 0 Å². The lowest BCUT2D eigenvalue weighted by atomic mass is 10.0. The van der Waals surface area contributed by atoms with Crippen molar-refractivity contribution < 1.29 is 14.7 Å². The van der Waals surface area contributed by atoms with Crippen molar-refractivity contribution in [2.75, 3.05) is 6.54 Å². The molecule has 0 aliphatic rings. The number of nitrogens with one attached hydrogen (secondary N) is 2. The zero-order chi connectivity index (χ0) is 14.8. The van der Waals surface area contributed by atoms with Crippen LogP contribution < -0.4 is 10.6 Å². The molecule has 0 spiro atoms. The highest BCUT2D eigenvalue weighted by atomic mass is 16.4. The largest absolute Gasteiger partial charge is 0.481 e. The van der Waals surface area contributed by atoms with Gasteiger partial charge in [0, 0.05) is 19.0 Å². The molecule has 0 aromatic heterocycles. The lowest BCUT2D eigenvalue weighted by Crippen LogP contribution is -2.41. The quantitative estimate of drug-likeness (QED) is 0.603. The number of rotatable bonds is 9. The molecule has 0 aromatic carbocycles. The molecule has 19 heavy (non-hydrogen) atoms. The van der Waals surface area contributed by atoms with Gasteiger partial charge in [0.25, 0.3) is 0 Å². The standard InChI is InChI=1S/C14H28N2O3/c1-10(2)9-12(4)16-14(19)15-8-7-11(3)5-6-13(17)18/h10-12H,5-9H2,1-4H3,(H,17,18)(H2,15,16,19). The summed E-state index contributed by atoms with van der Waals surface area (Å²) in [7, 11) is 0. The molecule has 5 heteroatoms. The fraction of sp³-hybridized carbons (Fsp3) is 0.857. The van der Waals surface area contributed by atoms with Gasteiger partial charge in [0.05, 0.1) is 0 Å². The van der Waals surface area contributed by atoms with Gasteiger partial charge in [0.15, 0.2) is 0 Å². The molecule has 0 radical (unpaired) electrons. The summed E-state index contributed by atoms with van der Waals surface area (Å²) in [5, 5.41) is 14.3. The third-order valence-electron chi connectivity index (χ3n) is 2.98. The Kier molecular flexibility index (Phi) is 9.00. The summed E-state index contributed by atoms with van der Waals surface area (Å²) in [5.74, 6) is 0.107. The summed E-state index contributed by atoms with van der Waals surface area (Å²) in [6, 6.07) is 0.0306. The summed E-state index contributed by atoms with van der Waals surface area (Å²) < 4.78 is 0. The summed E-state index contributed by atoms with van der Waals surface area (Å²) in [5.41, 5.74) is 0. The lowest BCUT2D eigenvalue weighted by Gasteiger charge is -2.17. The molecule has 0 saturated heterocycles. The second-order valence-corrected chi connectivity index (χ2v) is 5.76. The lowest BCUT2D eigenvalue weighted by molar-refractivity contribution is -0.137. The molecule has 0 fully saturated rings. The molecule has 0 rings (SSSR count). The van der Waals surface area contributed by atoms with E-state index < -0.39 is 5.97 Å². The third kappa shape index (κ3) is 11.6. The SMILES string of the molecule is CC(C)CC(C)NC(=O)NCCC(C)CCC(=O)O. The van der Waals surface area contributed by atoms with Gasteiger partial charge in [0.2, 0.25) is 0 Å². The van der Waals surface area contributed by atoms with E-state index in [0.717, 1.165) is 12.8 Å². The smallest absolute Gasteiger partial charge is 0.314 e. The van der Waals surface area contributed by atoms with Crippen molar-refractivity contribution in [3.8, 4) is 0 Å². The Labute approximate surface area is 116 Å². The van der Waals surface area contributed by atoms with Crippen molar-refractivity contribution in [2.45, 2.75) is 59.4 Å². The minimum absolute atomic E-state index is 0.140. The van der Waals surface area contributed by atoms with Crippen LogP contribution in [0.1, 0.15) is 53.4 Å². The highest BCUT2D eigenvalue weighted by Crippen LogP contribution is 2.09. The first-order valence-electron chi connectivity index (χ1n) is 7.07. The Balaban J connectivity index is 3.65. The first-order chi connectivity index (χ1) is 8.81. The first-order valence-corrected chi connectivity index (χ1v) is 7.07. The van der Waals surface area contributed by atoms with Crippen LogP contribution in [0.5, 0.6) is 0 Å². The number of hydrogen-bond acceptors (Lipinski definition) is 2. The Morgan fingerprint density at radius 1 is 1.11 bits per heavy atom. The average Bonchev–Trinajstić information content (AvgIpc) is 2.24. The predicted molar refractivity (Wildman–Crippen MR) is 76.1 cm³/mol. The molecule has 0 aromatic rings. The van der Waals surface area contributed by atoms with E-state index in [1.807, 2.05) is 13.8 Å². The third-order valence-corrected chi connectivity index (χ3v) is 2.98. The van der Waals surface area contributed by atoms with Crippen molar-refractivity contribution in [2.24, 2.45) is 11.8 Å². The van der Waals surface area contributed by atoms with Crippen LogP contribution in [0.4, 0.5) is 4.79 Å². The summed E-state index contributed by atoms with van der Waals surface area (Å²) in [6.45, 7) is 8.83. The summed E-state index contributed by atoms with van der Waals surface area (Å²) in [4.78, 5) is 22.0. The van der Waals surface area contributed by atoms with Crippen LogP contribution in [0.3, 0.4) is 0 Å². The van der Waals surface area contributed by atoms with Crippen LogP contribution in [0.25, 0.3) is 0 Å². The van der Waals surface area contributed by atoms with Gasteiger partial charge in [-0.15, -0.1) is 0 Å². The number of urea groups is 1. The summed E-state index contributed by atoms with van der Waals surface area (Å²) in [6.07, 6.45) is 2.61. The fourth-order valence-electron chi connectivity index (χ4n) is 1.99. The molecular weight excluding hydrogens is 244 g/mol. The number of carboxylic acids is 1. The molecule has 0 saturated carbocycles. The molecule has 0 aliphatic carbocycles. The highest BCUT2D eigenvalue weighted by molar-refractivity contribution is 5.74. The molecule has 0 aliphatic heterocycles. The first kappa shape index (κ1) is 17.7. The second kappa shape index (κ2) is 9.64. The Bertz CT molecular complexity index is 280. The Morgan fingerprint density at radius 2 is 1.74 bits per heavy atom. The van der Waals surface area contributed by atoms with E-state index in [9.17, 15) is 9.59 Å². The highest BCUT2D eigenvalue weighted by Gasteiger charge is 2.09. The van der Waals surface area contributed by atoms with E-state index in [-0.39, 0.29) is 18.5 Å². The molecule has 2 unspecified atom stereocenters. The van der Waals surface area contributed by atoms with Gasteiger partial charge in [-0.1, -0.05) is 20.8 Å². The molecular formula is C14H28N2O3. The predicted octanol–water partition coefficient (Wildman–Crippen LogP) is 2.61. The molecule has 5 nitrogen and oxygen atoms in total. The Hall–Kier alpha value is -1.26. The van der Waals surface area contributed by atoms with Gasteiger partial charge >= 0.3 is 12.0 Å². The number of aliphatic carboxylic acids is 1. The van der Waals surface area contributed by atoms with Gasteiger partial charge in [0.1, 0.15) is 0 Å². The van der Waals surface area contributed by atoms with Crippen molar-refractivity contribution in [1.82, 2.24) is 10.6 Å². The Morgan fingerprint density at radius 3 is 2.26 bits per heavy atom. The van der Waals surface area contributed by atoms with Crippen LogP contribution in [-0.2, 0) is 4.79 Å². The molecule has 0 bridgehead atoms. The number of hydrogen-bond donors (Lipinski definition) is 3. The van der Waals surface area contributed by atoms with Gasteiger partial charge < -0.3 is 15.7 Å². The minimum atomic E-state index is -0.764. The molecule has 3 N–H and O–H groups in total. The van der Waals surface area contributed by atoms with Crippen molar-refractivity contribution in [1.29, 1.82) is 0 Å². The zero-order valence-corrected chi connectivity index (χ0v) is 12.5. The van der Waals surface area contributed by atoms with Crippen LogP contribution in [0.2, 0.25) is 0 Å². The van der Waals surface area contributed by atoms with E-state index in [4.69, 9.17) is 5.11 Å². The monoisotopic (exact) mass is 272 g/mol. The van der Waals surface area contributed by atoms with E-state index in [2.05, 4.69) is 24.5 Å². The number of carbonyl (C=O) groups excluding carboxylic acids is 1. The average molecular weight is 272 g/mol. The van der Waals surface area contributed by atoms with Crippen molar-refractivity contribution >= 4 is 12.0 Å². The molecule has 2 amide bonds. The van der Waals surface area contributed by atoms with E-state index in [1.165, 1.54) is 0 Å². The van der Waals surface area contributed by atoms with E-state index >= 15 is 0 Å². The molecule has 0 heterocycles. The topological polar surface area (TPSA) is 78.4 Å². The van der Waals surface area contributed by atoms with Crippen LogP contribution in [0.15, 0.2) is 0 Å². The molecule has 112 valence electrons. The van der Waals surface area contributed by atoms with Gasteiger partial charge in [-0.25, -0.2) is 4.79 Å². The van der Waals surface area contributed by atoms with Crippen LogP contribution in [0, 0.1) is 11.8 Å². The van der Waals surface area contributed by atoms with Gasteiger partial charge in [-0.2, -0.15) is 0 Å². The maximum atomic E-state index is 11.6. The second-order valence-electron chi connectivity index (χ2n) is 5.76. The fourth-order valence-corrected chi connectivity index (χ4v) is 1.99. The number of amides is 2. The van der Waals surface area contributed by atoms with Crippen molar-refractivity contribution in [3.63, 3.8) is 0 Å². The number of carbonyl (C=O) groups is 2. The van der Waals surface area contributed by atoms with Gasteiger partial charge in [-0.05, 0) is 38.0 Å². The van der Waals surface area contributed by atoms with Crippen molar-refractivity contribution in [3.05, 3.63) is 0 Å². The normalized spacial score (nSPS) is 13.9. The number of carboxylic acid groups (broad SMARTS) is 1.